The molecule has 0 saturated carbocycles. The summed E-state index contributed by atoms with van der Waals surface area (Å²) >= 11 is 0. The minimum absolute atomic E-state index is 0.0796. The Bertz CT molecular complexity index is 636. The van der Waals surface area contributed by atoms with Gasteiger partial charge in [-0.15, -0.1) is 5.10 Å². The second kappa shape index (κ2) is 5.29. The van der Waals surface area contributed by atoms with Crippen LogP contribution in [0.1, 0.15) is 5.69 Å². The number of aliphatic carboxylic acids is 1. The van der Waals surface area contributed by atoms with Crippen molar-refractivity contribution in [3.05, 3.63) is 41.5 Å². The summed E-state index contributed by atoms with van der Waals surface area (Å²) in [4.78, 5) is 10.6. The van der Waals surface area contributed by atoms with Crippen molar-refractivity contribution in [3.63, 3.8) is 0 Å². The van der Waals surface area contributed by atoms with E-state index in [-0.39, 0.29) is 17.8 Å². The van der Waals surface area contributed by atoms with Crippen molar-refractivity contribution in [2.45, 2.75) is 12.5 Å². The predicted molar refractivity (Wildman–Crippen MR) is 60.5 cm³/mol. The number of hydrogen-bond acceptors (Lipinski definition) is 4. The zero-order valence-electron chi connectivity index (χ0n) is 9.92. The second-order valence-corrected chi connectivity index (χ2v) is 4.03. The lowest BCUT2D eigenvalue weighted by atomic mass is 10.2. The standard InChI is InChI=1S/C11H9F3N4O2/c12-7-2-6(3-8(13)10(7)14)18-4-5(16-17-18)1-9(15)11(19)20/h2-4,9H,1,15H2,(H,19,20). The van der Waals surface area contributed by atoms with Crippen LogP contribution in [0.4, 0.5) is 13.2 Å². The highest BCUT2D eigenvalue weighted by Crippen LogP contribution is 2.16. The number of hydrogen-bond donors (Lipinski definition) is 2. The van der Waals surface area contributed by atoms with Gasteiger partial charge in [-0.2, -0.15) is 0 Å². The topological polar surface area (TPSA) is 94.0 Å². The summed E-state index contributed by atoms with van der Waals surface area (Å²) in [7, 11) is 0. The van der Waals surface area contributed by atoms with E-state index in [1.807, 2.05) is 0 Å². The van der Waals surface area contributed by atoms with Gasteiger partial charge in [0, 0.05) is 18.6 Å². The van der Waals surface area contributed by atoms with Gasteiger partial charge in [-0.1, -0.05) is 5.21 Å². The fourth-order valence-electron chi connectivity index (χ4n) is 1.51. The SMILES string of the molecule is NC(Cc1cn(-c2cc(F)c(F)c(F)c2)nn1)C(=O)O. The lowest BCUT2D eigenvalue weighted by molar-refractivity contribution is -0.138. The summed E-state index contributed by atoms with van der Waals surface area (Å²) in [6.45, 7) is 0. The minimum atomic E-state index is -1.58. The van der Waals surface area contributed by atoms with Crippen LogP contribution in [0.2, 0.25) is 0 Å². The molecule has 1 aromatic heterocycles. The van der Waals surface area contributed by atoms with Gasteiger partial charge in [-0.3, -0.25) is 4.79 Å². The van der Waals surface area contributed by atoms with E-state index in [2.05, 4.69) is 10.3 Å². The molecule has 3 N–H and O–H groups in total. The molecule has 0 amide bonds. The molecule has 6 nitrogen and oxygen atoms in total. The van der Waals surface area contributed by atoms with Crippen LogP contribution in [0.3, 0.4) is 0 Å². The average Bonchev–Trinajstić information content (AvgIpc) is 2.83. The summed E-state index contributed by atoms with van der Waals surface area (Å²) in [6, 6.07) is 0.323. The Morgan fingerprint density at radius 2 is 1.95 bits per heavy atom. The average molecular weight is 286 g/mol. The maximum Gasteiger partial charge on any atom is 0.320 e. The number of aromatic nitrogens is 3. The second-order valence-electron chi connectivity index (χ2n) is 4.03. The van der Waals surface area contributed by atoms with E-state index in [1.54, 1.807) is 0 Å². The molecule has 106 valence electrons. The number of carboxylic acid groups (broad SMARTS) is 1. The number of halogens is 3. The van der Waals surface area contributed by atoms with E-state index in [4.69, 9.17) is 10.8 Å². The molecule has 0 spiro atoms. The molecular formula is C11H9F3N4O2. The summed E-state index contributed by atoms with van der Waals surface area (Å²) in [5, 5.41) is 15.9. The van der Waals surface area contributed by atoms with Crippen LogP contribution in [0.15, 0.2) is 18.3 Å². The number of nitrogens with zero attached hydrogens (tertiary/aromatic N) is 3. The highest BCUT2D eigenvalue weighted by atomic mass is 19.2. The van der Waals surface area contributed by atoms with Crippen molar-refractivity contribution in [2.24, 2.45) is 5.73 Å². The molecule has 0 aliphatic carbocycles. The quantitative estimate of drug-likeness (QED) is 0.804. The van der Waals surface area contributed by atoms with Crippen LogP contribution >= 0.6 is 0 Å². The van der Waals surface area contributed by atoms with Gasteiger partial charge >= 0.3 is 5.97 Å². The Balaban J connectivity index is 2.27. The zero-order valence-corrected chi connectivity index (χ0v) is 9.92. The Morgan fingerprint density at radius 3 is 2.50 bits per heavy atom. The molecular weight excluding hydrogens is 277 g/mol. The van der Waals surface area contributed by atoms with Gasteiger partial charge < -0.3 is 10.8 Å². The number of carboxylic acids is 1. The summed E-state index contributed by atoms with van der Waals surface area (Å²) in [6.07, 6.45) is 1.16. The minimum Gasteiger partial charge on any atom is -0.480 e. The molecule has 2 aromatic rings. The molecule has 9 heteroatoms. The molecule has 1 aromatic carbocycles. The molecule has 0 aliphatic heterocycles. The molecule has 0 fully saturated rings. The smallest absolute Gasteiger partial charge is 0.320 e. The third-order valence-corrected chi connectivity index (χ3v) is 2.52. The molecule has 1 atom stereocenters. The summed E-state index contributed by atoms with van der Waals surface area (Å²) in [5.41, 5.74) is 5.47. The third kappa shape index (κ3) is 2.77. The van der Waals surface area contributed by atoms with Crippen molar-refractivity contribution in [3.8, 4) is 5.69 Å². The maximum absolute atomic E-state index is 13.1. The highest BCUT2D eigenvalue weighted by molar-refractivity contribution is 5.73. The largest absolute Gasteiger partial charge is 0.480 e. The molecule has 1 unspecified atom stereocenters. The van der Waals surface area contributed by atoms with Gasteiger partial charge in [0.15, 0.2) is 17.5 Å². The molecule has 1 heterocycles. The van der Waals surface area contributed by atoms with E-state index in [9.17, 15) is 18.0 Å². The van der Waals surface area contributed by atoms with E-state index in [0.29, 0.717) is 0 Å². The number of carbonyl (C=O) groups is 1. The molecule has 0 bridgehead atoms. The van der Waals surface area contributed by atoms with E-state index >= 15 is 0 Å². The van der Waals surface area contributed by atoms with Gasteiger partial charge in [-0.25, -0.2) is 17.9 Å². The van der Waals surface area contributed by atoms with Gasteiger partial charge in [0.2, 0.25) is 0 Å². The molecule has 0 aliphatic rings. The van der Waals surface area contributed by atoms with Crippen LogP contribution in [-0.4, -0.2) is 32.1 Å². The van der Waals surface area contributed by atoms with E-state index < -0.39 is 29.5 Å². The van der Waals surface area contributed by atoms with Crippen LogP contribution in [0.25, 0.3) is 5.69 Å². The Hall–Kier alpha value is -2.42. The fraction of sp³-hybridized carbons (Fsp3) is 0.182. The zero-order chi connectivity index (χ0) is 14.9. The first-order valence-electron chi connectivity index (χ1n) is 5.43. The molecule has 0 saturated heterocycles. The Morgan fingerprint density at radius 1 is 1.35 bits per heavy atom. The first-order chi connectivity index (χ1) is 9.38. The van der Waals surface area contributed by atoms with Crippen LogP contribution in [0.5, 0.6) is 0 Å². The van der Waals surface area contributed by atoms with Crippen molar-refractivity contribution in [1.82, 2.24) is 15.0 Å². The van der Waals surface area contributed by atoms with Crippen molar-refractivity contribution >= 4 is 5.97 Å². The number of rotatable bonds is 4. The highest BCUT2D eigenvalue weighted by Gasteiger charge is 2.16. The van der Waals surface area contributed by atoms with Gasteiger partial charge in [0.25, 0.3) is 0 Å². The lowest BCUT2D eigenvalue weighted by Crippen LogP contribution is -2.32. The van der Waals surface area contributed by atoms with Crippen LogP contribution < -0.4 is 5.73 Å². The number of nitrogens with two attached hydrogens (primary N) is 1. The van der Waals surface area contributed by atoms with Crippen LogP contribution in [-0.2, 0) is 11.2 Å². The van der Waals surface area contributed by atoms with E-state index in [1.165, 1.54) is 6.20 Å². The van der Waals surface area contributed by atoms with Gasteiger partial charge in [0.05, 0.1) is 17.6 Å². The third-order valence-electron chi connectivity index (χ3n) is 2.52. The fourth-order valence-corrected chi connectivity index (χ4v) is 1.51. The summed E-state index contributed by atoms with van der Waals surface area (Å²) < 4.78 is 40.0. The van der Waals surface area contributed by atoms with Crippen molar-refractivity contribution in [1.29, 1.82) is 0 Å². The molecule has 20 heavy (non-hydrogen) atoms. The molecule has 2 rings (SSSR count). The van der Waals surface area contributed by atoms with E-state index in [0.717, 1.165) is 16.8 Å². The van der Waals surface area contributed by atoms with Crippen molar-refractivity contribution < 1.29 is 23.1 Å². The molecule has 0 radical (unpaired) electrons. The normalized spacial score (nSPS) is 12.4. The van der Waals surface area contributed by atoms with Gasteiger partial charge in [0.1, 0.15) is 6.04 Å². The van der Waals surface area contributed by atoms with Gasteiger partial charge in [-0.05, 0) is 0 Å². The first kappa shape index (κ1) is 14.0. The lowest BCUT2D eigenvalue weighted by Gasteiger charge is -2.03. The van der Waals surface area contributed by atoms with Crippen LogP contribution in [0, 0.1) is 17.5 Å². The van der Waals surface area contributed by atoms with Crippen molar-refractivity contribution in [2.75, 3.05) is 0 Å². The summed E-state index contributed by atoms with van der Waals surface area (Å²) in [5.74, 6) is -5.51. The monoisotopic (exact) mass is 286 g/mol. The first-order valence-corrected chi connectivity index (χ1v) is 5.43. The predicted octanol–water partition coefficient (Wildman–Crippen LogP) is 0.639. The Labute approximate surface area is 110 Å². The number of benzene rings is 1. The Kier molecular flexibility index (Phi) is 3.70. The maximum atomic E-state index is 13.1.